The monoisotopic (exact) mass is 574 g/mol. The number of Topliss-reactive ketones (excluding diaryl/α,β-unsaturated/α-hetero) is 1. The van der Waals surface area contributed by atoms with Crippen LogP contribution >= 0.6 is 0 Å². The molecule has 4 rings (SSSR count). The van der Waals surface area contributed by atoms with Gasteiger partial charge >= 0.3 is 17.9 Å². The minimum absolute atomic E-state index is 0.0163. The first kappa shape index (κ1) is 32.0. The Kier molecular flexibility index (Phi) is 8.09. The van der Waals surface area contributed by atoms with Gasteiger partial charge in [-0.3, -0.25) is 19.2 Å². The molecule has 4 fully saturated rings. The Morgan fingerprint density at radius 3 is 2.07 bits per heavy atom. The molecule has 0 heterocycles. The molecule has 0 aromatic rings. The molecule has 0 amide bonds. The average molecular weight is 575 g/mol. The van der Waals surface area contributed by atoms with Gasteiger partial charge in [0.1, 0.15) is 11.9 Å². The van der Waals surface area contributed by atoms with Crippen LogP contribution in [-0.2, 0) is 28.7 Å². The van der Waals surface area contributed by atoms with Gasteiger partial charge in [-0.1, -0.05) is 48.5 Å². The fourth-order valence-corrected chi connectivity index (χ4v) is 10.6. The highest BCUT2D eigenvalue weighted by molar-refractivity contribution is 5.89. The van der Waals surface area contributed by atoms with E-state index in [-0.39, 0.29) is 76.3 Å². The number of ketones is 1. The maximum atomic E-state index is 15.0. The van der Waals surface area contributed by atoms with Gasteiger partial charge in [-0.25, -0.2) is 0 Å². The van der Waals surface area contributed by atoms with E-state index in [4.69, 9.17) is 9.47 Å². The summed E-state index contributed by atoms with van der Waals surface area (Å²) in [5.41, 5.74) is -2.14. The lowest BCUT2D eigenvalue weighted by Gasteiger charge is -2.68. The highest BCUT2D eigenvalue weighted by Crippen LogP contribution is 2.72. The van der Waals surface area contributed by atoms with Gasteiger partial charge in [-0.2, -0.15) is 0 Å². The van der Waals surface area contributed by atoms with Gasteiger partial charge in [0.05, 0.1) is 6.61 Å². The molecular formula is C34H54O7. The van der Waals surface area contributed by atoms with Crippen LogP contribution in [0.2, 0.25) is 0 Å². The molecule has 4 aliphatic carbocycles. The predicted molar refractivity (Wildman–Crippen MR) is 156 cm³/mol. The van der Waals surface area contributed by atoms with Crippen molar-refractivity contribution in [2.45, 2.75) is 133 Å². The number of carbonyl (C=O) groups excluding carboxylic acids is 3. The van der Waals surface area contributed by atoms with Crippen LogP contribution in [-0.4, -0.2) is 41.5 Å². The summed E-state index contributed by atoms with van der Waals surface area (Å²) in [5.74, 6) is -1.40. The van der Waals surface area contributed by atoms with Crippen LogP contribution in [0.4, 0.5) is 0 Å². The lowest BCUT2D eigenvalue weighted by molar-refractivity contribution is -0.219. The summed E-state index contributed by atoms with van der Waals surface area (Å²) < 4.78 is 11.4. The third kappa shape index (κ3) is 5.15. The third-order valence-corrected chi connectivity index (χ3v) is 13.3. The number of esters is 2. The standard InChI is InChI=1S/C34H54O7/c1-21(35)40-20-34-16-14-29(3,4)19-23(34)28(39)33(9,15-17-34)32(8)13-10-24-30(5,6)26(41-22(2)36)11-12-31(24,7)25(32)18-27(37)38/h23-26H,10-20H2,1-9H3,(H,37,38)/t23-,24-,25+,26-,31-,32+,33+,34+/m0/s1. The summed E-state index contributed by atoms with van der Waals surface area (Å²) in [7, 11) is 0. The Morgan fingerprint density at radius 2 is 1.49 bits per heavy atom. The Bertz CT molecular complexity index is 1090. The van der Waals surface area contributed by atoms with Gasteiger partial charge in [0.25, 0.3) is 0 Å². The van der Waals surface area contributed by atoms with Crippen LogP contribution in [0.1, 0.15) is 127 Å². The molecule has 0 aromatic carbocycles. The molecule has 8 atom stereocenters. The van der Waals surface area contributed by atoms with Gasteiger partial charge < -0.3 is 14.6 Å². The van der Waals surface area contributed by atoms with Crippen molar-refractivity contribution in [3.05, 3.63) is 0 Å². The first-order valence-electron chi connectivity index (χ1n) is 15.8. The van der Waals surface area contributed by atoms with Crippen LogP contribution in [0.3, 0.4) is 0 Å². The summed E-state index contributed by atoms with van der Waals surface area (Å²) in [4.78, 5) is 51.3. The molecule has 7 heteroatoms. The van der Waals surface area contributed by atoms with Crippen molar-refractivity contribution in [2.24, 2.45) is 50.2 Å². The van der Waals surface area contributed by atoms with Crippen molar-refractivity contribution in [1.29, 1.82) is 0 Å². The molecule has 0 bridgehead atoms. The number of carboxylic acids is 1. The summed E-state index contributed by atoms with van der Waals surface area (Å²) in [5, 5.41) is 10.3. The quantitative estimate of drug-likeness (QED) is 0.341. The molecule has 0 spiro atoms. The zero-order valence-electron chi connectivity index (χ0n) is 27.0. The second-order valence-corrected chi connectivity index (χ2v) is 16.4. The van der Waals surface area contributed by atoms with Gasteiger partial charge in [0, 0.05) is 42.4 Å². The maximum Gasteiger partial charge on any atom is 0.303 e. The number of rotatable bonds is 6. The molecule has 7 nitrogen and oxygen atoms in total. The topological polar surface area (TPSA) is 107 Å². The van der Waals surface area contributed by atoms with E-state index in [1.807, 2.05) is 0 Å². The lowest BCUT2D eigenvalue weighted by Crippen LogP contribution is -2.66. The Hall–Kier alpha value is -1.92. The van der Waals surface area contributed by atoms with Crippen LogP contribution < -0.4 is 0 Å². The average Bonchev–Trinajstić information content (AvgIpc) is 2.85. The molecular weight excluding hydrogens is 520 g/mol. The van der Waals surface area contributed by atoms with E-state index in [1.54, 1.807) is 0 Å². The van der Waals surface area contributed by atoms with Gasteiger partial charge in [-0.05, 0) is 85.9 Å². The van der Waals surface area contributed by atoms with Crippen LogP contribution in [0.25, 0.3) is 0 Å². The van der Waals surface area contributed by atoms with E-state index in [0.29, 0.717) is 12.8 Å². The minimum atomic E-state index is -0.821. The van der Waals surface area contributed by atoms with Crippen molar-refractivity contribution in [1.82, 2.24) is 0 Å². The zero-order chi connectivity index (χ0) is 30.8. The Balaban J connectivity index is 1.76. The van der Waals surface area contributed by atoms with Gasteiger partial charge in [0.2, 0.25) is 0 Å². The van der Waals surface area contributed by atoms with E-state index < -0.39 is 16.8 Å². The van der Waals surface area contributed by atoms with Gasteiger partial charge in [-0.15, -0.1) is 0 Å². The molecule has 232 valence electrons. The molecule has 0 saturated heterocycles. The van der Waals surface area contributed by atoms with Crippen LogP contribution in [0.15, 0.2) is 0 Å². The fraction of sp³-hybridized carbons (Fsp3) is 0.882. The SMILES string of the molecule is CC(=O)OC[C@]12CCC(C)(C)C[C@H]1C(=O)[C@](C)([C@]1(C)CC[C@H]3C(C)(C)[C@@H](OC(C)=O)CC[C@]3(C)[C@H]1CC(=O)O)CC2. The lowest BCUT2D eigenvalue weighted by atomic mass is 9.36. The summed E-state index contributed by atoms with van der Waals surface area (Å²) in [6, 6.07) is 0. The normalized spacial score (nSPS) is 43.3. The van der Waals surface area contributed by atoms with Crippen molar-refractivity contribution < 1.29 is 33.8 Å². The first-order valence-corrected chi connectivity index (χ1v) is 15.8. The van der Waals surface area contributed by atoms with Crippen molar-refractivity contribution >= 4 is 23.7 Å². The van der Waals surface area contributed by atoms with E-state index in [2.05, 4.69) is 48.5 Å². The molecule has 0 aliphatic heterocycles. The Morgan fingerprint density at radius 1 is 0.854 bits per heavy atom. The third-order valence-electron chi connectivity index (χ3n) is 13.3. The van der Waals surface area contributed by atoms with Crippen LogP contribution in [0.5, 0.6) is 0 Å². The van der Waals surface area contributed by atoms with Crippen LogP contribution in [0, 0.1) is 50.2 Å². The van der Waals surface area contributed by atoms with Crippen molar-refractivity contribution in [3.63, 3.8) is 0 Å². The fourth-order valence-electron chi connectivity index (χ4n) is 10.6. The smallest absolute Gasteiger partial charge is 0.303 e. The molecule has 4 aliphatic rings. The molecule has 0 aromatic heterocycles. The highest BCUT2D eigenvalue weighted by Gasteiger charge is 2.69. The number of hydrogen-bond donors (Lipinski definition) is 1. The highest BCUT2D eigenvalue weighted by atomic mass is 16.5. The van der Waals surface area contributed by atoms with E-state index >= 15 is 0 Å². The number of carbonyl (C=O) groups is 4. The zero-order valence-corrected chi connectivity index (χ0v) is 27.0. The minimum Gasteiger partial charge on any atom is -0.481 e. The van der Waals surface area contributed by atoms with Gasteiger partial charge in [0.15, 0.2) is 0 Å². The first-order chi connectivity index (χ1) is 18.7. The van der Waals surface area contributed by atoms with Crippen molar-refractivity contribution in [2.75, 3.05) is 6.61 Å². The summed E-state index contributed by atoms with van der Waals surface area (Å²) >= 11 is 0. The number of hydrogen-bond acceptors (Lipinski definition) is 6. The molecule has 4 saturated carbocycles. The maximum absolute atomic E-state index is 15.0. The summed E-state index contributed by atoms with van der Waals surface area (Å²) in [6.45, 7) is 18.6. The second kappa shape index (κ2) is 10.4. The largest absolute Gasteiger partial charge is 0.481 e. The molecule has 0 unspecified atom stereocenters. The summed E-state index contributed by atoms with van der Waals surface area (Å²) in [6.07, 6.45) is 7.01. The number of fused-ring (bicyclic) bond motifs is 2. The molecule has 0 radical (unpaired) electrons. The number of ether oxygens (including phenoxy) is 2. The number of aliphatic carboxylic acids is 1. The van der Waals surface area contributed by atoms with E-state index in [9.17, 15) is 24.3 Å². The Labute approximate surface area is 246 Å². The predicted octanol–water partition coefficient (Wildman–Crippen LogP) is 7.00. The van der Waals surface area contributed by atoms with Crippen molar-refractivity contribution in [3.8, 4) is 0 Å². The molecule has 1 N–H and O–H groups in total. The second-order valence-electron chi connectivity index (χ2n) is 16.4. The number of carboxylic acid groups (broad SMARTS) is 1. The van der Waals surface area contributed by atoms with E-state index in [1.165, 1.54) is 13.8 Å². The van der Waals surface area contributed by atoms with E-state index in [0.717, 1.165) is 44.9 Å². The molecule has 41 heavy (non-hydrogen) atoms.